The number of rotatable bonds is 4. The van der Waals surface area contributed by atoms with Crippen molar-refractivity contribution in [1.82, 2.24) is 0 Å². The molecule has 1 aliphatic rings. The number of carbonyl (C=O) groups is 2. The molecule has 2 aromatic carbocycles. The number of nitrogens with zero attached hydrogens (tertiary/aromatic N) is 3. The molecule has 0 saturated heterocycles. The lowest BCUT2D eigenvalue weighted by Gasteiger charge is -2.25. The average Bonchev–Trinajstić information content (AvgIpc) is 2.64. The van der Waals surface area contributed by atoms with Gasteiger partial charge in [-0.15, -0.1) is 0 Å². The smallest absolute Gasteiger partial charge is 0.271 e. The zero-order chi connectivity index (χ0) is 19.6. The molecule has 3 rings (SSSR count). The Morgan fingerprint density at radius 2 is 1.85 bits per heavy atom. The van der Waals surface area contributed by atoms with Gasteiger partial charge >= 0.3 is 0 Å². The van der Waals surface area contributed by atoms with Crippen molar-refractivity contribution in [2.24, 2.45) is 5.10 Å². The highest BCUT2D eigenvalue weighted by atomic mass is 16.2. The van der Waals surface area contributed by atoms with E-state index >= 15 is 0 Å². The second kappa shape index (κ2) is 7.61. The molecule has 6 heteroatoms. The molecule has 0 atom stereocenters. The Morgan fingerprint density at radius 3 is 2.59 bits per heavy atom. The van der Waals surface area contributed by atoms with Crippen LogP contribution in [0.4, 0.5) is 17.1 Å². The molecule has 2 amide bonds. The molecule has 0 unspecified atom stereocenters. The van der Waals surface area contributed by atoms with Crippen molar-refractivity contribution in [3.05, 3.63) is 53.6 Å². The van der Waals surface area contributed by atoms with Gasteiger partial charge in [-0.3, -0.25) is 9.59 Å². The van der Waals surface area contributed by atoms with Gasteiger partial charge in [0.25, 0.3) is 5.91 Å². The minimum atomic E-state index is -0.285. The molecule has 1 N–H and O–H groups in total. The minimum Gasteiger partial charge on any atom is -0.376 e. The molecule has 1 aliphatic heterocycles. The van der Waals surface area contributed by atoms with Crippen LogP contribution >= 0.6 is 0 Å². The molecule has 2 aromatic rings. The van der Waals surface area contributed by atoms with Crippen LogP contribution in [0.25, 0.3) is 0 Å². The number of hydrogen-bond acceptors (Lipinski definition) is 4. The normalized spacial score (nSPS) is 14.0. The fourth-order valence-corrected chi connectivity index (χ4v) is 3.02. The quantitative estimate of drug-likeness (QED) is 0.903. The maximum Gasteiger partial charge on any atom is 0.271 e. The first kappa shape index (κ1) is 18.6. The Bertz CT molecular complexity index is 918. The molecule has 27 heavy (non-hydrogen) atoms. The molecule has 0 bridgehead atoms. The van der Waals surface area contributed by atoms with Crippen LogP contribution in [0.1, 0.15) is 24.0 Å². The van der Waals surface area contributed by atoms with Crippen molar-refractivity contribution in [3.8, 4) is 0 Å². The van der Waals surface area contributed by atoms with Crippen LogP contribution in [-0.4, -0.2) is 31.6 Å². The van der Waals surface area contributed by atoms with E-state index < -0.39 is 0 Å². The first-order valence-corrected chi connectivity index (χ1v) is 8.92. The average molecular weight is 364 g/mol. The lowest BCUT2D eigenvalue weighted by molar-refractivity contribution is -0.118. The Morgan fingerprint density at radius 1 is 1.11 bits per heavy atom. The third-order valence-corrected chi connectivity index (χ3v) is 4.52. The molecule has 0 spiro atoms. The summed E-state index contributed by atoms with van der Waals surface area (Å²) in [7, 11) is 3.84. The van der Waals surface area contributed by atoms with Crippen LogP contribution in [0, 0.1) is 13.8 Å². The van der Waals surface area contributed by atoms with Gasteiger partial charge in [-0.25, -0.2) is 5.01 Å². The van der Waals surface area contributed by atoms with Crippen LogP contribution in [0.15, 0.2) is 47.6 Å². The fraction of sp³-hybridized carbons (Fsp3) is 0.286. The summed E-state index contributed by atoms with van der Waals surface area (Å²) >= 11 is 0. The van der Waals surface area contributed by atoms with Gasteiger partial charge in [0.2, 0.25) is 5.91 Å². The van der Waals surface area contributed by atoms with Gasteiger partial charge < -0.3 is 10.2 Å². The summed E-state index contributed by atoms with van der Waals surface area (Å²) in [5.74, 6) is -0.388. The standard InChI is InChI=1S/C21H24N4O2/c1-14-9-10-15(2)19(13-14)25-20(26)12-11-17(23-25)21(27)22-16-7-5-6-8-18(16)24(3)4/h5-10,13H,11-12H2,1-4H3,(H,22,27). The lowest BCUT2D eigenvalue weighted by atomic mass is 10.1. The number of hydrogen-bond donors (Lipinski definition) is 1. The van der Waals surface area contributed by atoms with E-state index in [4.69, 9.17) is 0 Å². The van der Waals surface area contributed by atoms with E-state index in [1.165, 1.54) is 5.01 Å². The highest BCUT2D eigenvalue weighted by Crippen LogP contribution is 2.27. The number of hydrazone groups is 1. The number of aryl methyl sites for hydroxylation is 2. The van der Waals surface area contributed by atoms with Gasteiger partial charge in [-0.2, -0.15) is 5.10 Å². The van der Waals surface area contributed by atoms with Gasteiger partial charge in [0, 0.05) is 26.9 Å². The molecule has 0 radical (unpaired) electrons. The van der Waals surface area contributed by atoms with Crippen LogP contribution in [-0.2, 0) is 9.59 Å². The van der Waals surface area contributed by atoms with Crippen LogP contribution < -0.4 is 15.2 Å². The third kappa shape index (κ3) is 4.00. The van der Waals surface area contributed by atoms with E-state index in [2.05, 4.69) is 10.4 Å². The van der Waals surface area contributed by atoms with Crippen molar-refractivity contribution in [1.29, 1.82) is 0 Å². The van der Waals surface area contributed by atoms with Gasteiger partial charge in [-0.05, 0) is 43.2 Å². The van der Waals surface area contributed by atoms with Gasteiger partial charge in [0.05, 0.1) is 17.1 Å². The molecule has 140 valence electrons. The second-order valence-electron chi connectivity index (χ2n) is 6.91. The Labute approximate surface area is 159 Å². The number of carbonyl (C=O) groups excluding carboxylic acids is 2. The summed E-state index contributed by atoms with van der Waals surface area (Å²) in [5, 5.41) is 8.67. The highest BCUT2D eigenvalue weighted by Gasteiger charge is 2.27. The van der Waals surface area contributed by atoms with E-state index in [1.54, 1.807) is 0 Å². The summed E-state index contributed by atoms with van der Waals surface area (Å²) in [4.78, 5) is 27.1. The predicted octanol–water partition coefficient (Wildman–Crippen LogP) is 3.49. The third-order valence-electron chi connectivity index (χ3n) is 4.52. The van der Waals surface area contributed by atoms with Crippen LogP contribution in [0.2, 0.25) is 0 Å². The maximum atomic E-state index is 12.8. The number of nitrogens with one attached hydrogen (secondary N) is 1. The Balaban J connectivity index is 1.89. The van der Waals surface area contributed by atoms with Gasteiger partial charge in [0.1, 0.15) is 5.71 Å². The summed E-state index contributed by atoms with van der Waals surface area (Å²) in [6.45, 7) is 3.89. The molecular weight excluding hydrogens is 340 g/mol. The fourth-order valence-electron chi connectivity index (χ4n) is 3.02. The molecular formula is C21H24N4O2. The molecule has 1 heterocycles. The number of benzene rings is 2. The number of anilines is 3. The van der Waals surface area contributed by atoms with E-state index in [-0.39, 0.29) is 18.2 Å². The summed E-state index contributed by atoms with van der Waals surface area (Å²) < 4.78 is 0. The Kier molecular flexibility index (Phi) is 5.26. The summed E-state index contributed by atoms with van der Waals surface area (Å²) in [6, 6.07) is 13.4. The van der Waals surface area contributed by atoms with E-state index in [0.717, 1.165) is 22.5 Å². The summed E-state index contributed by atoms with van der Waals surface area (Å²) in [6.07, 6.45) is 0.588. The van der Waals surface area contributed by atoms with Gasteiger partial charge in [0.15, 0.2) is 0 Å². The lowest BCUT2D eigenvalue weighted by Crippen LogP contribution is -2.36. The Hall–Kier alpha value is -3.15. The maximum absolute atomic E-state index is 12.8. The molecule has 0 saturated carbocycles. The molecule has 0 aliphatic carbocycles. The highest BCUT2D eigenvalue weighted by molar-refractivity contribution is 6.44. The van der Waals surface area contributed by atoms with Crippen LogP contribution in [0.5, 0.6) is 0 Å². The van der Waals surface area contributed by atoms with Crippen molar-refractivity contribution >= 4 is 34.6 Å². The largest absolute Gasteiger partial charge is 0.376 e. The number of para-hydroxylation sites is 2. The first-order chi connectivity index (χ1) is 12.9. The zero-order valence-electron chi connectivity index (χ0n) is 16.1. The van der Waals surface area contributed by atoms with E-state index in [9.17, 15) is 9.59 Å². The van der Waals surface area contributed by atoms with Crippen LogP contribution in [0.3, 0.4) is 0 Å². The van der Waals surface area contributed by atoms with Crippen molar-refractivity contribution in [3.63, 3.8) is 0 Å². The monoisotopic (exact) mass is 364 g/mol. The molecule has 0 fully saturated rings. The predicted molar refractivity (Wildman–Crippen MR) is 109 cm³/mol. The minimum absolute atomic E-state index is 0.103. The van der Waals surface area contributed by atoms with Gasteiger partial charge in [-0.1, -0.05) is 24.3 Å². The van der Waals surface area contributed by atoms with E-state index in [0.29, 0.717) is 17.8 Å². The van der Waals surface area contributed by atoms with E-state index in [1.807, 2.05) is 75.3 Å². The molecule has 6 nitrogen and oxygen atoms in total. The zero-order valence-corrected chi connectivity index (χ0v) is 16.1. The van der Waals surface area contributed by atoms with Crippen molar-refractivity contribution < 1.29 is 9.59 Å². The molecule has 0 aromatic heterocycles. The van der Waals surface area contributed by atoms with Crippen molar-refractivity contribution in [2.75, 3.05) is 29.3 Å². The topological polar surface area (TPSA) is 65.0 Å². The first-order valence-electron chi connectivity index (χ1n) is 8.92. The second-order valence-corrected chi connectivity index (χ2v) is 6.91. The number of amides is 2. The SMILES string of the molecule is Cc1ccc(C)c(N2N=C(C(=O)Nc3ccccc3N(C)C)CCC2=O)c1. The van der Waals surface area contributed by atoms with Crippen molar-refractivity contribution in [2.45, 2.75) is 26.7 Å². The summed E-state index contributed by atoms with van der Waals surface area (Å²) in [5.41, 5.74) is 4.67.